The summed E-state index contributed by atoms with van der Waals surface area (Å²) >= 11 is 0. The highest BCUT2D eigenvalue weighted by Crippen LogP contribution is 2.21. The van der Waals surface area contributed by atoms with Gasteiger partial charge in [0.05, 0.1) is 0 Å². The van der Waals surface area contributed by atoms with Crippen LogP contribution in [-0.2, 0) is 16.6 Å². The quantitative estimate of drug-likeness (QED) is 0.762. The molecule has 114 valence electrons. The van der Waals surface area contributed by atoms with Gasteiger partial charge in [-0.1, -0.05) is 24.3 Å². The number of nitrogens with one attached hydrogen (secondary N) is 3. The molecule has 3 N–H and O–H groups in total. The third-order valence-electron chi connectivity index (χ3n) is 3.08. The van der Waals surface area contributed by atoms with E-state index in [-0.39, 0.29) is 24.5 Å². The van der Waals surface area contributed by atoms with Crippen LogP contribution in [0.4, 0.5) is 0 Å². The summed E-state index contributed by atoms with van der Waals surface area (Å²) in [6.07, 6.45) is 0.990. The molecule has 0 aliphatic carbocycles. The van der Waals surface area contributed by atoms with Crippen molar-refractivity contribution in [3.05, 3.63) is 35.4 Å². The minimum atomic E-state index is -3.42. The van der Waals surface area contributed by atoms with Gasteiger partial charge in [-0.2, -0.15) is 13.1 Å². The summed E-state index contributed by atoms with van der Waals surface area (Å²) in [7, 11) is -3.42. The molecular formula is C13H22ClN3O2S. The molecule has 5 nitrogen and oxygen atoms in total. The van der Waals surface area contributed by atoms with Gasteiger partial charge in [0.15, 0.2) is 0 Å². The largest absolute Gasteiger partial charge is 0.308 e. The lowest BCUT2D eigenvalue weighted by molar-refractivity contribution is 0.486. The van der Waals surface area contributed by atoms with E-state index in [4.69, 9.17) is 0 Å². The van der Waals surface area contributed by atoms with Gasteiger partial charge in [-0.25, -0.2) is 4.72 Å². The van der Waals surface area contributed by atoms with Gasteiger partial charge in [-0.3, -0.25) is 0 Å². The van der Waals surface area contributed by atoms with E-state index < -0.39 is 10.2 Å². The van der Waals surface area contributed by atoms with Crippen LogP contribution in [0.15, 0.2) is 24.3 Å². The van der Waals surface area contributed by atoms with Gasteiger partial charge in [0.25, 0.3) is 10.2 Å². The van der Waals surface area contributed by atoms with E-state index in [2.05, 4.69) is 26.9 Å². The summed E-state index contributed by atoms with van der Waals surface area (Å²) in [5.74, 6) is 0. The second-order valence-corrected chi connectivity index (χ2v) is 6.61. The summed E-state index contributed by atoms with van der Waals surface area (Å²) in [5, 5.41) is 3.35. The Bertz CT molecular complexity index is 534. The van der Waals surface area contributed by atoms with Crippen molar-refractivity contribution in [2.45, 2.75) is 32.4 Å². The van der Waals surface area contributed by atoms with Crippen LogP contribution in [0.5, 0.6) is 0 Å². The van der Waals surface area contributed by atoms with Crippen molar-refractivity contribution in [1.29, 1.82) is 0 Å². The van der Waals surface area contributed by atoms with E-state index in [0.29, 0.717) is 6.54 Å². The smallest absolute Gasteiger partial charge is 0.277 e. The van der Waals surface area contributed by atoms with Gasteiger partial charge in [0.2, 0.25) is 0 Å². The average Bonchev–Trinajstić information content (AvgIpc) is 2.35. The fourth-order valence-corrected chi connectivity index (χ4v) is 3.41. The highest BCUT2D eigenvalue weighted by Gasteiger charge is 2.21. The van der Waals surface area contributed by atoms with Gasteiger partial charge in [-0.05, 0) is 37.9 Å². The number of hydrogen-bond acceptors (Lipinski definition) is 3. The predicted molar refractivity (Wildman–Crippen MR) is 83.3 cm³/mol. The predicted octanol–water partition coefficient (Wildman–Crippen LogP) is 1.13. The minimum Gasteiger partial charge on any atom is -0.308 e. The number of benzene rings is 1. The molecule has 20 heavy (non-hydrogen) atoms. The Hall–Kier alpha value is -0.660. The van der Waals surface area contributed by atoms with E-state index in [1.54, 1.807) is 13.8 Å². The zero-order valence-corrected chi connectivity index (χ0v) is 13.4. The van der Waals surface area contributed by atoms with Gasteiger partial charge in [0, 0.05) is 18.6 Å². The molecule has 2 rings (SSSR count). The summed E-state index contributed by atoms with van der Waals surface area (Å²) in [6.45, 7) is 4.83. The van der Waals surface area contributed by atoms with Gasteiger partial charge in [0.1, 0.15) is 0 Å². The van der Waals surface area contributed by atoms with Crippen LogP contribution < -0.4 is 14.8 Å². The van der Waals surface area contributed by atoms with E-state index in [1.807, 2.05) is 12.1 Å². The van der Waals surface area contributed by atoms with E-state index in [1.165, 1.54) is 11.1 Å². The maximum atomic E-state index is 11.7. The lowest BCUT2D eigenvalue weighted by Gasteiger charge is -2.27. The molecular weight excluding hydrogens is 298 g/mol. The van der Waals surface area contributed by atoms with Crippen LogP contribution in [0.1, 0.15) is 31.0 Å². The second-order valence-electron chi connectivity index (χ2n) is 5.08. The first-order valence-corrected chi connectivity index (χ1v) is 8.04. The molecule has 0 spiro atoms. The molecule has 0 radical (unpaired) electrons. The summed E-state index contributed by atoms with van der Waals surface area (Å²) in [6, 6.07) is 8.09. The Morgan fingerprint density at radius 1 is 1.35 bits per heavy atom. The Morgan fingerprint density at radius 3 is 2.75 bits per heavy atom. The molecule has 1 aromatic rings. The number of halogens is 1. The normalized spacial score (nSPS) is 18.4. The van der Waals surface area contributed by atoms with E-state index >= 15 is 0 Å². The minimum absolute atomic E-state index is 0. The molecule has 1 aliphatic rings. The van der Waals surface area contributed by atoms with Gasteiger partial charge < -0.3 is 5.32 Å². The first-order valence-electron chi connectivity index (χ1n) is 6.56. The number of hydrogen-bond donors (Lipinski definition) is 3. The number of fused-ring (bicyclic) bond motifs is 1. The molecule has 0 bridgehead atoms. The van der Waals surface area contributed by atoms with E-state index in [0.717, 1.165) is 13.0 Å². The van der Waals surface area contributed by atoms with Crippen molar-refractivity contribution in [2.75, 3.05) is 13.1 Å². The zero-order valence-electron chi connectivity index (χ0n) is 11.7. The van der Waals surface area contributed by atoms with Crippen molar-refractivity contribution in [3.8, 4) is 0 Å². The molecule has 0 fully saturated rings. The molecule has 0 saturated carbocycles. The monoisotopic (exact) mass is 319 g/mol. The highest BCUT2D eigenvalue weighted by molar-refractivity contribution is 7.87. The third-order valence-corrected chi connectivity index (χ3v) is 4.41. The van der Waals surface area contributed by atoms with Crippen molar-refractivity contribution >= 4 is 22.6 Å². The molecule has 1 unspecified atom stereocenters. The molecule has 1 atom stereocenters. The third kappa shape index (κ3) is 4.71. The van der Waals surface area contributed by atoms with Crippen molar-refractivity contribution in [2.24, 2.45) is 0 Å². The Morgan fingerprint density at radius 2 is 2.05 bits per heavy atom. The van der Waals surface area contributed by atoms with Gasteiger partial charge in [-0.15, -0.1) is 12.4 Å². The summed E-state index contributed by atoms with van der Waals surface area (Å²) in [4.78, 5) is 0. The standard InChI is InChI=1S/C13H21N3O2S.ClH/c1-10(2)16-19(17,18)15-9-13-12-6-4-3-5-11(12)7-8-14-13;/h3-6,10,13-16H,7-9H2,1-2H3;1H. The molecule has 1 aromatic carbocycles. The van der Waals surface area contributed by atoms with E-state index in [9.17, 15) is 8.42 Å². The SMILES string of the molecule is CC(C)NS(=O)(=O)NCC1NCCc2ccccc21.Cl. The first-order chi connectivity index (χ1) is 8.98. The van der Waals surface area contributed by atoms with Crippen LogP contribution in [0.3, 0.4) is 0 Å². The molecule has 0 amide bonds. The maximum absolute atomic E-state index is 11.7. The Kier molecular flexibility index (Phi) is 6.42. The summed E-state index contributed by atoms with van der Waals surface area (Å²) in [5.41, 5.74) is 2.48. The molecule has 0 aromatic heterocycles. The lowest BCUT2D eigenvalue weighted by Crippen LogP contribution is -2.45. The zero-order chi connectivity index (χ0) is 13.9. The Labute approximate surface area is 127 Å². The van der Waals surface area contributed by atoms with Crippen molar-refractivity contribution in [1.82, 2.24) is 14.8 Å². The topological polar surface area (TPSA) is 70.2 Å². The summed E-state index contributed by atoms with van der Waals surface area (Å²) < 4.78 is 28.6. The molecule has 1 heterocycles. The van der Waals surface area contributed by atoms with Crippen molar-refractivity contribution < 1.29 is 8.42 Å². The maximum Gasteiger partial charge on any atom is 0.277 e. The molecule has 1 aliphatic heterocycles. The highest BCUT2D eigenvalue weighted by atomic mass is 35.5. The van der Waals surface area contributed by atoms with Crippen LogP contribution in [0, 0.1) is 0 Å². The van der Waals surface area contributed by atoms with Crippen molar-refractivity contribution in [3.63, 3.8) is 0 Å². The number of rotatable bonds is 5. The average molecular weight is 320 g/mol. The van der Waals surface area contributed by atoms with Crippen LogP contribution in [0.25, 0.3) is 0 Å². The molecule has 7 heteroatoms. The molecule has 0 saturated heterocycles. The first kappa shape index (κ1) is 17.4. The Balaban J connectivity index is 0.00000200. The van der Waals surface area contributed by atoms with Crippen LogP contribution in [-0.4, -0.2) is 27.5 Å². The lowest BCUT2D eigenvalue weighted by atomic mass is 9.95. The van der Waals surface area contributed by atoms with Crippen LogP contribution >= 0.6 is 12.4 Å². The second kappa shape index (κ2) is 7.38. The van der Waals surface area contributed by atoms with Gasteiger partial charge >= 0.3 is 0 Å². The fraction of sp³-hybridized carbons (Fsp3) is 0.538. The fourth-order valence-electron chi connectivity index (χ4n) is 2.32. The van der Waals surface area contributed by atoms with Crippen LogP contribution in [0.2, 0.25) is 0 Å².